The van der Waals surface area contributed by atoms with Gasteiger partial charge in [-0.3, -0.25) is 14.9 Å². The molecule has 1 aromatic carbocycles. The number of thiophene rings is 1. The molecule has 38 heavy (non-hydrogen) atoms. The lowest BCUT2D eigenvalue weighted by molar-refractivity contribution is -0.384. The highest BCUT2D eigenvalue weighted by Gasteiger charge is 2.28. The van der Waals surface area contributed by atoms with Crippen LogP contribution < -0.4 is 0 Å². The molecule has 0 spiro atoms. The van der Waals surface area contributed by atoms with Crippen molar-refractivity contribution in [2.24, 2.45) is 0 Å². The molecule has 0 N–H and O–H groups in total. The van der Waals surface area contributed by atoms with Crippen LogP contribution in [0.5, 0.6) is 0 Å². The summed E-state index contributed by atoms with van der Waals surface area (Å²) in [7, 11) is 0. The Labute approximate surface area is 226 Å². The summed E-state index contributed by atoms with van der Waals surface area (Å²) in [6, 6.07) is 9.02. The average Bonchev–Trinajstić information content (AvgIpc) is 3.47. The van der Waals surface area contributed by atoms with Crippen molar-refractivity contribution in [1.29, 1.82) is 5.26 Å². The van der Waals surface area contributed by atoms with Gasteiger partial charge in [-0.05, 0) is 50.6 Å². The van der Waals surface area contributed by atoms with E-state index in [0.717, 1.165) is 11.3 Å². The molecule has 0 amide bonds. The lowest BCUT2D eigenvalue weighted by atomic mass is 10.0. The minimum Gasteiger partial charge on any atom is -0.462 e. The number of nitro benzene ring substituents is 1. The van der Waals surface area contributed by atoms with E-state index in [4.69, 9.17) is 25.5 Å². The van der Waals surface area contributed by atoms with Crippen LogP contribution in [0, 0.1) is 28.4 Å². The largest absolute Gasteiger partial charge is 0.462 e. The van der Waals surface area contributed by atoms with E-state index >= 15 is 0 Å². The highest BCUT2D eigenvalue weighted by molar-refractivity contribution is 7.14. The van der Waals surface area contributed by atoms with Crippen LogP contribution in [0.4, 0.5) is 5.69 Å². The first-order valence-electron chi connectivity index (χ1n) is 11.3. The molecule has 0 bridgehead atoms. The van der Waals surface area contributed by atoms with Gasteiger partial charge < -0.3 is 13.9 Å². The second-order valence-electron chi connectivity index (χ2n) is 7.69. The maximum Gasteiger partial charge on any atom is 0.348 e. The van der Waals surface area contributed by atoms with Crippen LogP contribution in [-0.4, -0.2) is 35.9 Å². The Bertz CT molecular complexity index is 1500. The fourth-order valence-electron chi connectivity index (χ4n) is 3.51. The van der Waals surface area contributed by atoms with Gasteiger partial charge in [0.2, 0.25) is 0 Å². The number of ketones is 1. The van der Waals surface area contributed by atoms with Crippen molar-refractivity contribution in [1.82, 2.24) is 0 Å². The molecular formula is C26H21ClN2O8S. The zero-order chi connectivity index (χ0) is 28.0. The molecule has 0 fully saturated rings. The Morgan fingerprint density at radius 1 is 1.16 bits per heavy atom. The monoisotopic (exact) mass is 556 g/mol. The molecule has 10 nitrogen and oxygen atoms in total. The predicted molar refractivity (Wildman–Crippen MR) is 139 cm³/mol. The molecule has 2 aromatic heterocycles. The highest BCUT2D eigenvalue weighted by Crippen LogP contribution is 2.33. The smallest absolute Gasteiger partial charge is 0.348 e. The van der Waals surface area contributed by atoms with Crippen LogP contribution in [0.3, 0.4) is 0 Å². The number of hydrogen-bond donors (Lipinski definition) is 0. The number of rotatable bonds is 10. The number of esters is 2. The fourth-order valence-corrected chi connectivity index (χ4v) is 4.88. The van der Waals surface area contributed by atoms with Crippen LogP contribution in [0.25, 0.3) is 17.4 Å². The Balaban J connectivity index is 1.92. The molecule has 0 aliphatic heterocycles. The zero-order valence-electron chi connectivity index (χ0n) is 20.5. The summed E-state index contributed by atoms with van der Waals surface area (Å²) in [5, 5.41) is 20.8. The summed E-state index contributed by atoms with van der Waals surface area (Å²) in [6.45, 7) is 5.07. The van der Waals surface area contributed by atoms with Crippen LogP contribution >= 0.6 is 22.9 Å². The first-order chi connectivity index (χ1) is 18.1. The van der Waals surface area contributed by atoms with Crippen molar-refractivity contribution in [3.8, 4) is 17.4 Å². The number of carbonyl (C=O) groups is 3. The van der Waals surface area contributed by atoms with Crippen LogP contribution in [-0.2, 0) is 20.7 Å². The molecular weight excluding hydrogens is 536 g/mol. The maximum atomic E-state index is 13.0. The van der Waals surface area contributed by atoms with E-state index in [9.17, 15) is 29.8 Å². The minimum atomic E-state index is -0.685. The van der Waals surface area contributed by atoms with E-state index in [1.165, 1.54) is 36.4 Å². The van der Waals surface area contributed by atoms with E-state index in [0.29, 0.717) is 11.1 Å². The van der Waals surface area contributed by atoms with Crippen molar-refractivity contribution < 1.29 is 33.2 Å². The number of hydrogen-bond acceptors (Lipinski definition) is 10. The number of carbonyl (C=O) groups excluding carboxylic acids is 3. The summed E-state index contributed by atoms with van der Waals surface area (Å²) in [5.41, 5.74) is 0.258. The molecule has 0 atom stereocenters. The quantitative estimate of drug-likeness (QED) is 0.0969. The number of benzene rings is 1. The van der Waals surface area contributed by atoms with Crippen molar-refractivity contribution >= 4 is 52.4 Å². The molecule has 3 aromatic rings. The first-order valence-corrected chi connectivity index (χ1v) is 12.5. The Morgan fingerprint density at radius 2 is 1.84 bits per heavy atom. The van der Waals surface area contributed by atoms with Gasteiger partial charge in [-0.15, -0.1) is 11.3 Å². The lowest BCUT2D eigenvalue weighted by Gasteiger charge is -2.05. The molecule has 196 valence electrons. The van der Waals surface area contributed by atoms with Gasteiger partial charge in [0.1, 0.15) is 27.5 Å². The Kier molecular flexibility index (Phi) is 9.17. The third-order valence-corrected chi connectivity index (χ3v) is 6.83. The zero-order valence-corrected chi connectivity index (χ0v) is 22.1. The number of furan rings is 1. The van der Waals surface area contributed by atoms with Gasteiger partial charge in [0.05, 0.1) is 29.3 Å². The van der Waals surface area contributed by atoms with Gasteiger partial charge in [-0.2, -0.15) is 5.26 Å². The van der Waals surface area contributed by atoms with E-state index in [-0.39, 0.29) is 62.8 Å². The lowest BCUT2D eigenvalue weighted by Crippen LogP contribution is -2.12. The van der Waals surface area contributed by atoms with Gasteiger partial charge in [0.25, 0.3) is 5.69 Å². The molecule has 0 unspecified atom stereocenters. The van der Waals surface area contributed by atoms with E-state index in [1.807, 2.05) is 6.07 Å². The van der Waals surface area contributed by atoms with Crippen molar-refractivity contribution in [2.45, 2.75) is 27.2 Å². The van der Waals surface area contributed by atoms with Gasteiger partial charge in [0, 0.05) is 29.0 Å². The predicted octanol–water partition coefficient (Wildman–Crippen LogP) is 5.95. The normalized spacial score (nSPS) is 11.1. The number of nitriles is 1. The van der Waals surface area contributed by atoms with Crippen LogP contribution in [0.15, 0.2) is 40.3 Å². The number of ether oxygens (including phenoxy) is 2. The topological polar surface area (TPSA) is 150 Å². The third kappa shape index (κ3) is 6.16. The summed E-state index contributed by atoms with van der Waals surface area (Å²) >= 11 is 6.79. The van der Waals surface area contributed by atoms with E-state index in [2.05, 4.69) is 0 Å². The Morgan fingerprint density at radius 3 is 2.47 bits per heavy atom. The van der Waals surface area contributed by atoms with Crippen LogP contribution in [0.1, 0.15) is 50.1 Å². The molecule has 2 heterocycles. The molecule has 0 aliphatic carbocycles. The van der Waals surface area contributed by atoms with Crippen molar-refractivity contribution in [2.75, 3.05) is 13.2 Å². The summed E-state index contributed by atoms with van der Waals surface area (Å²) < 4.78 is 15.8. The molecule has 0 radical (unpaired) electrons. The van der Waals surface area contributed by atoms with Gasteiger partial charge in [0.15, 0.2) is 5.78 Å². The molecule has 0 aliphatic rings. The highest BCUT2D eigenvalue weighted by atomic mass is 35.5. The maximum absolute atomic E-state index is 13.0. The first kappa shape index (κ1) is 28.3. The number of Topliss-reactive ketones (excluding diaryl/α,β-unsaturated/α-hetero) is 1. The second kappa shape index (κ2) is 12.3. The summed E-state index contributed by atoms with van der Waals surface area (Å²) in [6.07, 6.45) is 0.891. The number of nitro groups is 1. The number of nitrogens with zero attached hydrogens (tertiary/aromatic N) is 2. The van der Waals surface area contributed by atoms with Gasteiger partial charge in [-0.1, -0.05) is 11.6 Å². The summed E-state index contributed by atoms with van der Waals surface area (Å²) in [5.74, 6) is -1.51. The molecule has 0 saturated carbocycles. The van der Waals surface area contributed by atoms with E-state index < -0.39 is 22.6 Å². The minimum absolute atomic E-state index is 0.0279. The second-order valence-corrected chi connectivity index (χ2v) is 9.20. The standard InChI is InChI=1S/C26H21ClN2O8S/c1-4-35-25(31)23-14(3)24(26(32)36-5-2)38-22(23)12-20(30)16(13-28)10-17-7-9-21(37-17)15-6-8-18(27)19(11-15)29(33)34/h6-11H,4-5,12H2,1-3H3/b16-10+. The Hall–Kier alpha value is -4.27. The molecule has 3 rings (SSSR count). The molecule has 0 saturated heterocycles. The third-order valence-electron chi connectivity index (χ3n) is 5.24. The number of allylic oxidation sites excluding steroid dienone is 1. The van der Waals surface area contributed by atoms with Crippen molar-refractivity contribution in [3.05, 3.63) is 77.7 Å². The number of halogens is 1. The average molecular weight is 557 g/mol. The van der Waals surface area contributed by atoms with Gasteiger partial charge >= 0.3 is 11.9 Å². The van der Waals surface area contributed by atoms with E-state index in [1.54, 1.807) is 20.8 Å². The van der Waals surface area contributed by atoms with Gasteiger partial charge in [-0.25, -0.2) is 9.59 Å². The summed E-state index contributed by atoms with van der Waals surface area (Å²) in [4.78, 5) is 49.0. The van der Waals surface area contributed by atoms with Crippen LogP contribution in [0.2, 0.25) is 5.02 Å². The fraction of sp³-hybridized carbons (Fsp3) is 0.231. The molecule has 12 heteroatoms. The van der Waals surface area contributed by atoms with Crippen molar-refractivity contribution in [3.63, 3.8) is 0 Å². The SMILES string of the molecule is CCOC(=O)c1sc(CC(=O)/C(C#N)=C/c2ccc(-c3ccc(Cl)c([N+](=O)[O-])c3)o2)c(C(=O)OCC)c1C.